The summed E-state index contributed by atoms with van der Waals surface area (Å²) in [7, 11) is 2.94. The van der Waals surface area contributed by atoms with Gasteiger partial charge in [-0.05, 0) is 54.0 Å². The van der Waals surface area contributed by atoms with Crippen LogP contribution >= 0.6 is 11.8 Å². The van der Waals surface area contributed by atoms with E-state index in [9.17, 15) is 30.0 Å². The molecule has 0 saturated carbocycles. The number of thioether (sulfide) groups is 1. The lowest BCUT2D eigenvalue weighted by Gasteiger charge is -2.40. The first-order valence-electron chi connectivity index (χ1n) is 12.5. The number of hydrogen-bond acceptors (Lipinski definition) is 11. The molecule has 0 spiro atoms. The summed E-state index contributed by atoms with van der Waals surface area (Å²) in [5.41, 5.74) is 3.09. The number of methoxy groups -OCH3 is 2. The van der Waals surface area contributed by atoms with Crippen LogP contribution in [0.5, 0.6) is 11.5 Å². The second kappa shape index (κ2) is 12.1. The summed E-state index contributed by atoms with van der Waals surface area (Å²) in [6.07, 6.45) is -4.04. The van der Waals surface area contributed by atoms with Gasteiger partial charge in [-0.3, -0.25) is 9.59 Å². The molecule has 2 aromatic carbocycles. The van der Waals surface area contributed by atoms with Gasteiger partial charge in [-0.1, -0.05) is 6.07 Å². The van der Waals surface area contributed by atoms with Crippen molar-refractivity contribution in [2.75, 3.05) is 32.4 Å². The molecule has 4 rings (SSSR count). The zero-order chi connectivity index (χ0) is 28.4. The summed E-state index contributed by atoms with van der Waals surface area (Å²) in [5, 5.41) is 46.6. The molecule has 11 nitrogen and oxygen atoms in total. The van der Waals surface area contributed by atoms with Gasteiger partial charge in [-0.15, -0.1) is 11.8 Å². The van der Waals surface area contributed by atoms with Crippen LogP contribution in [0.15, 0.2) is 34.0 Å². The van der Waals surface area contributed by atoms with Gasteiger partial charge in [0, 0.05) is 12.5 Å². The topological polar surface area (TPSA) is 167 Å². The third kappa shape index (κ3) is 5.58. The molecule has 6 atom stereocenters. The molecule has 39 heavy (non-hydrogen) atoms. The van der Waals surface area contributed by atoms with Crippen molar-refractivity contribution in [1.82, 2.24) is 5.32 Å². The molecule has 1 aliphatic carbocycles. The van der Waals surface area contributed by atoms with Gasteiger partial charge in [0.2, 0.25) is 5.91 Å². The van der Waals surface area contributed by atoms with Crippen molar-refractivity contribution in [1.29, 1.82) is 0 Å². The predicted octanol–water partition coefficient (Wildman–Crippen LogP) is 0.788. The maximum Gasteiger partial charge on any atom is 0.217 e. The van der Waals surface area contributed by atoms with Gasteiger partial charge >= 0.3 is 0 Å². The zero-order valence-electron chi connectivity index (χ0n) is 22.1. The van der Waals surface area contributed by atoms with Crippen LogP contribution in [0.25, 0.3) is 11.1 Å². The van der Waals surface area contributed by atoms with Crippen LogP contribution in [0.4, 0.5) is 5.69 Å². The number of amides is 1. The predicted molar refractivity (Wildman–Crippen MR) is 145 cm³/mol. The van der Waals surface area contributed by atoms with Gasteiger partial charge in [0.25, 0.3) is 0 Å². The van der Waals surface area contributed by atoms with Crippen LogP contribution in [0.1, 0.15) is 30.5 Å². The molecule has 0 aromatic heterocycles. The van der Waals surface area contributed by atoms with E-state index in [1.54, 1.807) is 18.2 Å². The monoisotopic (exact) mass is 562 g/mol. The quantitative estimate of drug-likeness (QED) is 0.264. The maximum atomic E-state index is 13.0. The molecule has 1 fully saturated rings. The number of anilines is 1. The molecular formula is C27H34N2O9S. The van der Waals surface area contributed by atoms with E-state index in [0.29, 0.717) is 45.9 Å². The minimum Gasteiger partial charge on any atom is -0.492 e. The number of hydrogen-bond donors (Lipinski definition) is 6. The number of benzene rings is 1. The van der Waals surface area contributed by atoms with Crippen LogP contribution in [0.2, 0.25) is 0 Å². The van der Waals surface area contributed by atoms with Crippen molar-refractivity contribution in [3.05, 3.63) is 45.6 Å². The normalized spacial score (nSPS) is 26.1. The Morgan fingerprint density at radius 3 is 2.44 bits per heavy atom. The van der Waals surface area contributed by atoms with Crippen LogP contribution in [-0.4, -0.2) is 84.1 Å². The molecule has 1 aliphatic heterocycles. The number of fused-ring (bicyclic) bond motifs is 3. The molecule has 1 heterocycles. The van der Waals surface area contributed by atoms with E-state index >= 15 is 0 Å². The van der Waals surface area contributed by atoms with Crippen molar-refractivity contribution >= 4 is 23.4 Å². The summed E-state index contributed by atoms with van der Waals surface area (Å²) >= 11 is 1.33. The van der Waals surface area contributed by atoms with E-state index in [4.69, 9.17) is 14.2 Å². The van der Waals surface area contributed by atoms with Crippen molar-refractivity contribution in [3.63, 3.8) is 0 Å². The number of aryl methyl sites for hydroxylation is 1. The molecule has 1 unspecified atom stereocenters. The Morgan fingerprint density at radius 1 is 1.10 bits per heavy atom. The van der Waals surface area contributed by atoms with E-state index in [1.165, 1.54) is 32.9 Å². The average molecular weight is 563 g/mol. The average Bonchev–Trinajstić information content (AvgIpc) is 3.16. The van der Waals surface area contributed by atoms with Gasteiger partial charge in [-0.25, -0.2) is 0 Å². The molecule has 12 heteroatoms. The van der Waals surface area contributed by atoms with Gasteiger partial charge < -0.3 is 45.3 Å². The highest BCUT2D eigenvalue weighted by Crippen LogP contribution is 2.50. The summed E-state index contributed by atoms with van der Waals surface area (Å²) in [5.74, 6) is 0.405. The molecule has 0 radical (unpaired) electrons. The lowest BCUT2D eigenvalue weighted by molar-refractivity contribution is -0.221. The summed E-state index contributed by atoms with van der Waals surface area (Å²) in [6.45, 7) is 0.865. The third-order valence-electron chi connectivity index (χ3n) is 7.10. The minimum atomic E-state index is -1.56. The minimum absolute atomic E-state index is 0.158. The fraction of sp³-hybridized carbons (Fsp3) is 0.481. The van der Waals surface area contributed by atoms with Gasteiger partial charge in [-0.2, -0.15) is 0 Å². The molecular weight excluding hydrogens is 528 g/mol. The van der Waals surface area contributed by atoms with Crippen molar-refractivity contribution in [2.45, 2.75) is 61.3 Å². The Hall–Kier alpha value is -2.87. The molecule has 6 N–H and O–H groups in total. The lowest BCUT2D eigenvalue weighted by atomic mass is 9.94. The summed E-state index contributed by atoms with van der Waals surface area (Å²) in [4.78, 5) is 25.6. The Morgan fingerprint density at radius 2 is 1.82 bits per heavy atom. The summed E-state index contributed by atoms with van der Waals surface area (Å²) < 4.78 is 17.2. The van der Waals surface area contributed by atoms with E-state index in [-0.39, 0.29) is 17.1 Å². The Balaban J connectivity index is 1.89. The SMILES string of the molecule is COc1c(NC2O[C@H](CO)[C@@H](O)[C@H](O)[C@H]2O)cc2c(c1OC)-c1ccc(SC)c(=O)cc1[C@@H](NC(C)=O)CC2. The largest absolute Gasteiger partial charge is 0.492 e. The van der Waals surface area contributed by atoms with Crippen molar-refractivity contribution < 1.29 is 39.4 Å². The first kappa shape index (κ1) is 29.1. The highest BCUT2D eigenvalue weighted by molar-refractivity contribution is 7.98. The zero-order valence-corrected chi connectivity index (χ0v) is 22.9. The summed E-state index contributed by atoms with van der Waals surface area (Å²) in [6, 6.07) is 6.52. The molecule has 2 aromatic rings. The van der Waals surface area contributed by atoms with Gasteiger partial charge in [0.1, 0.15) is 24.4 Å². The highest BCUT2D eigenvalue weighted by Gasteiger charge is 2.44. The fourth-order valence-corrected chi connectivity index (χ4v) is 5.69. The van der Waals surface area contributed by atoms with Crippen LogP contribution < -0.4 is 25.5 Å². The Kier molecular flexibility index (Phi) is 9.04. The van der Waals surface area contributed by atoms with Gasteiger partial charge in [0.05, 0.1) is 37.5 Å². The fourth-order valence-electron chi connectivity index (χ4n) is 5.23. The molecule has 0 bridgehead atoms. The Labute approximate surface area is 230 Å². The second-order valence-corrected chi connectivity index (χ2v) is 10.3. The number of nitrogens with one attached hydrogen (secondary N) is 2. The number of ether oxygens (including phenoxy) is 3. The molecule has 2 aliphatic rings. The van der Waals surface area contributed by atoms with Crippen molar-refractivity contribution in [2.24, 2.45) is 0 Å². The van der Waals surface area contributed by atoms with Crippen molar-refractivity contribution in [3.8, 4) is 22.6 Å². The standard InChI is InChI=1S/C27H34N2O9S/c1-12(31)28-16-7-5-13-9-17(29-27-24(35)23(34)22(33)19(11-30)38-27)25(36-2)26(37-3)21(13)14-6-8-20(39-4)18(32)10-15(14)16/h6,8-10,16,19,22-24,27,29-30,33-35H,5,7,11H2,1-4H3,(H,28,31)/t16-,19+,22+,23-,24+,27?/m0/s1. The number of carbonyl (C=O) groups excluding carboxylic acids is 1. The first-order chi connectivity index (χ1) is 18.6. The first-order valence-corrected chi connectivity index (χ1v) is 13.7. The third-order valence-corrected chi connectivity index (χ3v) is 7.88. The second-order valence-electron chi connectivity index (χ2n) is 9.49. The lowest BCUT2D eigenvalue weighted by Crippen LogP contribution is -2.60. The van der Waals surface area contributed by atoms with Gasteiger partial charge in [0.15, 0.2) is 23.2 Å². The molecule has 1 saturated heterocycles. The molecule has 212 valence electrons. The number of aliphatic hydroxyl groups is 4. The van der Waals surface area contributed by atoms with E-state index in [1.807, 2.05) is 12.3 Å². The molecule has 1 amide bonds. The highest BCUT2D eigenvalue weighted by atomic mass is 32.2. The van der Waals surface area contributed by atoms with Crippen LogP contribution in [0.3, 0.4) is 0 Å². The number of aliphatic hydroxyl groups excluding tert-OH is 4. The smallest absolute Gasteiger partial charge is 0.217 e. The van der Waals surface area contributed by atoms with Crippen LogP contribution in [-0.2, 0) is 16.0 Å². The van der Waals surface area contributed by atoms with Crippen LogP contribution in [0, 0.1) is 0 Å². The maximum absolute atomic E-state index is 13.0. The number of rotatable bonds is 7. The Bertz CT molecular complexity index is 1290. The van der Waals surface area contributed by atoms with E-state index in [2.05, 4.69) is 10.6 Å². The number of carbonyl (C=O) groups is 1. The van der Waals surface area contributed by atoms with E-state index in [0.717, 1.165) is 5.56 Å². The van der Waals surface area contributed by atoms with E-state index < -0.39 is 43.3 Å².